The van der Waals surface area contributed by atoms with Crippen molar-refractivity contribution < 1.29 is 35.2 Å². The second-order valence-electron chi connectivity index (χ2n) is 10.9. The van der Waals surface area contributed by atoms with Crippen molar-refractivity contribution in [1.29, 1.82) is 0 Å². The number of carbonyl (C=O) groups excluding carboxylic acids is 1. The predicted molar refractivity (Wildman–Crippen MR) is 163 cm³/mol. The second kappa shape index (κ2) is 10.2. The third-order valence-corrected chi connectivity index (χ3v) is 9.38. The Hall–Kier alpha value is -5.18. The van der Waals surface area contributed by atoms with Crippen LogP contribution in [0, 0.1) is 5.82 Å². The number of sulfonamides is 1. The third kappa shape index (κ3) is 4.60. The maximum atomic E-state index is 14.7. The van der Waals surface area contributed by atoms with Gasteiger partial charge < -0.3 is 14.3 Å². The lowest BCUT2D eigenvalue weighted by Gasteiger charge is -2.22. The van der Waals surface area contributed by atoms with Crippen molar-refractivity contribution in [2.75, 3.05) is 24.7 Å². The molecule has 0 saturated carbocycles. The van der Waals surface area contributed by atoms with Crippen LogP contribution in [0.3, 0.4) is 0 Å². The van der Waals surface area contributed by atoms with Gasteiger partial charge in [0.2, 0.25) is 15.9 Å². The fourth-order valence-electron chi connectivity index (χ4n) is 5.83. The van der Waals surface area contributed by atoms with Crippen LogP contribution in [0.25, 0.3) is 50.4 Å². The Labute approximate surface area is 258 Å². The summed E-state index contributed by atoms with van der Waals surface area (Å²) in [4.78, 5) is 18.1. The Morgan fingerprint density at radius 2 is 1.89 bits per heavy atom. The predicted octanol–water partition coefficient (Wildman–Crippen LogP) is 5.77. The number of amides is 1. The van der Waals surface area contributed by atoms with E-state index in [1.165, 1.54) is 32.3 Å². The number of furan rings is 1. The number of halogens is 4. The Bertz CT molecular complexity index is 2340. The monoisotopic (exact) mass is 652 g/mol. The SMILES string of the molecule is CNC(=O)c1c(-n2cc(C(F)(F)F)cn2)oc2cc(N(C)S(C)(=O)=O)c(-c3ccc4c(n3)-c3cc5c(F)cccc5n3CC4)cc12. The van der Waals surface area contributed by atoms with Crippen LogP contribution in [0.15, 0.2) is 65.3 Å². The number of benzene rings is 2. The average molecular weight is 653 g/mol. The fourth-order valence-corrected chi connectivity index (χ4v) is 6.34. The number of nitrogens with one attached hydrogen (secondary N) is 1. The molecule has 15 heteroatoms. The second-order valence-corrected chi connectivity index (χ2v) is 13.0. The first-order valence-corrected chi connectivity index (χ1v) is 15.8. The quantitative estimate of drug-likeness (QED) is 0.237. The van der Waals surface area contributed by atoms with E-state index < -0.39 is 27.7 Å². The van der Waals surface area contributed by atoms with Crippen LogP contribution in [0.4, 0.5) is 23.2 Å². The van der Waals surface area contributed by atoms with E-state index in [1.807, 2.05) is 16.7 Å². The van der Waals surface area contributed by atoms with Crippen molar-refractivity contribution in [1.82, 2.24) is 24.6 Å². The van der Waals surface area contributed by atoms with Gasteiger partial charge >= 0.3 is 6.18 Å². The van der Waals surface area contributed by atoms with Crippen LogP contribution < -0.4 is 9.62 Å². The lowest BCUT2D eigenvalue weighted by molar-refractivity contribution is -0.137. The fraction of sp³-hybridized carbons (Fsp3) is 0.194. The summed E-state index contributed by atoms with van der Waals surface area (Å²) >= 11 is 0. The van der Waals surface area contributed by atoms with Gasteiger partial charge in [-0.15, -0.1) is 0 Å². The molecule has 0 bridgehead atoms. The summed E-state index contributed by atoms with van der Waals surface area (Å²) in [5.74, 6) is -1.32. The molecule has 0 unspecified atom stereocenters. The number of nitrogens with zero attached hydrogens (tertiary/aromatic N) is 5. The zero-order valence-corrected chi connectivity index (χ0v) is 25.3. The molecule has 7 rings (SSSR count). The number of carbonyl (C=O) groups is 1. The standard InChI is InChI=1S/C31H24F4N6O4S/c1-36-29(42)27-20-11-19(22-8-7-16-9-10-40-23-6-4-5-21(32)18(23)12-25(40)28(16)38-22)24(39(2)46(3,43)44)13-26(20)45-30(27)41-15-17(14-37-41)31(33,34)35/h4-8,11-15H,9-10H2,1-3H3,(H,36,42). The van der Waals surface area contributed by atoms with Gasteiger partial charge in [0.1, 0.15) is 17.0 Å². The summed E-state index contributed by atoms with van der Waals surface area (Å²) in [6.07, 6.45) is -1.74. The van der Waals surface area contributed by atoms with Crippen molar-refractivity contribution in [3.63, 3.8) is 0 Å². The maximum absolute atomic E-state index is 14.7. The highest BCUT2D eigenvalue weighted by Gasteiger charge is 2.34. The molecule has 4 aromatic heterocycles. The van der Waals surface area contributed by atoms with Gasteiger partial charge in [-0.25, -0.2) is 22.5 Å². The molecule has 6 aromatic rings. The first-order valence-electron chi connectivity index (χ1n) is 13.9. The minimum Gasteiger partial charge on any atom is -0.437 e. The van der Waals surface area contributed by atoms with Gasteiger partial charge in [0.05, 0.1) is 46.3 Å². The number of hydrogen-bond acceptors (Lipinski definition) is 6. The molecular weight excluding hydrogens is 628 g/mol. The van der Waals surface area contributed by atoms with Crippen LogP contribution in [-0.4, -0.2) is 54.0 Å². The number of pyridine rings is 1. The van der Waals surface area contributed by atoms with Crippen molar-refractivity contribution in [2.24, 2.45) is 0 Å². The molecule has 0 fully saturated rings. The highest BCUT2D eigenvalue weighted by Crippen LogP contribution is 2.42. The molecule has 236 valence electrons. The number of aryl methyl sites for hydroxylation is 2. The zero-order valence-electron chi connectivity index (χ0n) is 24.5. The number of rotatable bonds is 5. The van der Waals surface area contributed by atoms with E-state index in [0.717, 1.165) is 26.3 Å². The summed E-state index contributed by atoms with van der Waals surface area (Å²) in [5, 5.41) is 6.89. The molecular formula is C31H24F4N6O4S. The minimum absolute atomic E-state index is 0.0282. The molecule has 0 saturated heterocycles. The third-order valence-electron chi connectivity index (χ3n) is 8.19. The first kappa shape index (κ1) is 29.5. The smallest absolute Gasteiger partial charge is 0.419 e. The Balaban J connectivity index is 1.48. The molecule has 0 atom stereocenters. The van der Waals surface area contributed by atoms with Crippen LogP contribution >= 0.6 is 0 Å². The maximum Gasteiger partial charge on any atom is 0.419 e. The topological polar surface area (TPSA) is 115 Å². The van der Waals surface area contributed by atoms with Crippen molar-refractivity contribution in [3.8, 4) is 28.5 Å². The number of hydrogen-bond donors (Lipinski definition) is 1. The lowest BCUT2D eigenvalue weighted by atomic mass is 9.99. The van der Waals surface area contributed by atoms with Gasteiger partial charge in [-0.3, -0.25) is 9.10 Å². The Morgan fingerprint density at radius 3 is 2.59 bits per heavy atom. The molecule has 0 spiro atoms. The largest absolute Gasteiger partial charge is 0.437 e. The van der Waals surface area contributed by atoms with E-state index in [2.05, 4.69) is 10.4 Å². The lowest BCUT2D eigenvalue weighted by Crippen LogP contribution is -2.25. The van der Waals surface area contributed by atoms with Gasteiger partial charge in [-0.1, -0.05) is 12.1 Å². The van der Waals surface area contributed by atoms with Gasteiger partial charge in [-0.05, 0) is 42.3 Å². The van der Waals surface area contributed by atoms with Gasteiger partial charge in [-0.2, -0.15) is 18.3 Å². The number of aromatic nitrogens is 4. The summed E-state index contributed by atoms with van der Waals surface area (Å²) in [6, 6.07) is 13.1. The number of fused-ring (bicyclic) bond motifs is 6. The van der Waals surface area contributed by atoms with E-state index in [0.29, 0.717) is 53.4 Å². The van der Waals surface area contributed by atoms with Crippen molar-refractivity contribution in [2.45, 2.75) is 19.1 Å². The average Bonchev–Trinajstić information content (AvgIpc) is 3.75. The first-order chi connectivity index (χ1) is 21.8. The molecule has 2 aromatic carbocycles. The van der Waals surface area contributed by atoms with Gasteiger partial charge in [0, 0.05) is 49.2 Å². The number of anilines is 1. The van der Waals surface area contributed by atoms with Gasteiger partial charge in [0.25, 0.3) is 5.91 Å². The Morgan fingerprint density at radius 1 is 1.11 bits per heavy atom. The van der Waals surface area contributed by atoms with Crippen LogP contribution in [0.2, 0.25) is 0 Å². The molecule has 1 aliphatic rings. The van der Waals surface area contributed by atoms with E-state index in [9.17, 15) is 30.8 Å². The van der Waals surface area contributed by atoms with Gasteiger partial charge in [0.15, 0.2) is 0 Å². The van der Waals surface area contributed by atoms with Crippen LogP contribution in [-0.2, 0) is 29.2 Å². The molecule has 1 amide bonds. The molecule has 1 N–H and O–H groups in total. The normalized spacial score (nSPS) is 13.2. The Kier molecular flexibility index (Phi) is 6.53. The molecule has 0 aliphatic carbocycles. The van der Waals surface area contributed by atoms with Crippen molar-refractivity contribution >= 4 is 43.5 Å². The van der Waals surface area contributed by atoms with E-state index in [-0.39, 0.29) is 33.9 Å². The van der Waals surface area contributed by atoms with E-state index in [1.54, 1.807) is 18.2 Å². The zero-order chi connectivity index (χ0) is 32.7. The summed E-state index contributed by atoms with van der Waals surface area (Å²) in [5.41, 5.74) is 2.56. The number of alkyl halides is 3. The highest BCUT2D eigenvalue weighted by atomic mass is 32.2. The van der Waals surface area contributed by atoms with Crippen LogP contribution in [0.1, 0.15) is 21.5 Å². The summed E-state index contributed by atoms with van der Waals surface area (Å²) in [6.45, 7) is 0.612. The molecule has 10 nitrogen and oxygen atoms in total. The molecule has 1 aliphatic heterocycles. The minimum atomic E-state index is -4.69. The van der Waals surface area contributed by atoms with E-state index in [4.69, 9.17) is 9.40 Å². The summed E-state index contributed by atoms with van der Waals surface area (Å²) in [7, 11) is -1.14. The van der Waals surface area contributed by atoms with Crippen LogP contribution in [0.5, 0.6) is 0 Å². The highest BCUT2D eigenvalue weighted by molar-refractivity contribution is 7.92. The van der Waals surface area contributed by atoms with Crippen molar-refractivity contribution in [3.05, 3.63) is 83.4 Å². The molecule has 5 heterocycles. The summed E-state index contributed by atoms with van der Waals surface area (Å²) < 4.78 is 90.1. The molecule has 46 heavy (non-hydrogen) atoms. The van der Waals surface area contributed by atoms with E-state index >= 15 is 0 Å². The molecule has 0 radical (unpaired) electrons.